The van der Waals surface area contributed by atoms with Crippen LogP contribution in [0, 0.1) is 13.8 Å². The van der Waals surface area contributed by atoms with E-state index in [0.29, 0.717) is 18.1 Å². The zero-order chi connectivity index (χ0) is 18.6. The van der Waals surface area contributed by atoms with Gasteiger partial charge in [-0.05, 0) is 39.0 Å². The Morgan fingerprint density at radius 1 is 1.32 bits per heavy atom. The van der Waals surface area contributed by atoms with Crippen molar-refractivity contribution < 1.29 is 19.1 Å². The Bertz CT molecular complexity index is 672. The first kappa shape index (κ1) is 19.2. The second-order valence-corrected chi connectivity index (χ2v) is 6.49. The minimum atomic E-state index is -0.992. The standard InChI is InChI=1S/C16H22N4O4S/c1-9-12(10(2)19-15(18-9)25-4)5-6-13(21)24-11(3)14(22)20-8-7-17-16(20)23/h11H,5-8H2,1-4H3,(H,17,23). The van der Waals surface area contributed by atoms with Gasteiger partial charge in [0.05, 0.1) is 0 Å². The number of carbonyl (C=O) groups excluding carboxylic acids is 3. The Morgan fingerprint density at radius 3 is 2.48 bits per heavy atom. The van der Waals surface area contributed by atoms with E-state index in [1.807, 2.05) is 20.1 Å². The van der Waals surface area contributed by atoms with Gasteiger partial charge in [-0.15, -0.1) is 0 Å². The molecule has 1 atom stereocenters. The highest BCUT2D eigenvalue weighted by molar-refractivity contribution is 7.98. The van der Waals surface area contributed by atoms with E-state index in [1.165, 1.54) is 18.7 Å². The number of hydrogen-bond acceptors (Lipinski definition) is 7. The molecular weight excluding hydrogens is 344 g/mol. The highest BCUT2D eigenvalue weighted by Crippen LogP contribution is 2.17. The molecule has 1 saturated heterocycles. The first-order valence-electron chi connectivity index (χ1n) is 8.00. The van der Waals surface area contributed by atoms with Crippen molar-refractivity contribution in [3.05, 3.63) is 17.0 Å². The third-order valence-corrected chi connectivity index (χ3v) is 4.49. The zero-order valence-corrected chi connectivity index (χ0v) is 15.6. The van der Waals surface area contributed by atoms with Gasteiger partial charge < -0.3 is 10.1 Å². The van der Waals surface area contributed by atoms with E-state index < -0.39 is 24.0 Å². The monoisotopic (exact) mass is 366 g/mol. The van der Waals surface area contributed by atoms with Crippen molar-refractivity contribution in [1.82, 2.24) is 20.2 Å². The van der Waals surface area contributed by atoms with Gasteiger partial charge >= 0.3 is 12.0 Å². The van der Waals surface area contributed by atoms with E-state index in [4.69, 9.17) is 4.74 Å². The number of imide groups is 1. The fraction of sp³-hybridized carbons (Fsp3) is 0.562. The van der Waals surface area contributed by atoms with Crippen LogP contribution in [0.4, 0.5) is 4.79 Å². The lowest BCUT2D eigenvalue weighted by molar-refractivity contribution is -0.157. The lowest BCUT2D eigenvalue weighted by Gasteiger charge is -2.18. The molecule has 1 unspecified atom stereocenters. The molecule has 8 nitrogen and oxygen atoms in total. The van der Waals surface area contributed by atoms with Crippen LogP contribution in [0.3, 0.4) is 0 Å². The van der Waals surface area contributed by atoms with Crippen LogP contribution in [-0.4, -0.2) is 58.2 Å². The topological polar surface area (TPSA) is 101 Å². The summed E-state index contributed by atoms with van der Waals surface area (Å²) in [6, 6.07) is -0.454. The van der Waals surface area contributed by atoms with Crippen LogP contribution in [0.5, 0.6) is 0 Å². The fourth-order valence-corrected chi connectivity index (χ4v) is 3.05. The summed E-state index contributed by atoms with van der Waals surface area (Å²) in [5.74, 6) is -1.00. The minimum absolute atomic E-state index is 0.119. The van der Waals surface area contributed by atoms with Gasteiger partial charge in [-0.1, -0.05) is 11.8 Å². The van der Waals surface area contributed by atoms with E-state index in [2.05, 4.69) is 15.3 Å². The molecule has 0 bridgehead atoms. The van der Waals surface area contributed by atoms with Crippen LogP contribution in [0.2, 0.25) is 0 Å². The van der Waals surface area contributed by atoms with Crippen LogP contribution in [-0.2, 0) is 20.7 Å². The summed E-state index contributed by atoms with van der Waals surface area (Å²) in [5.41, 5.74) is 2.58. The Labute approximate surface area is 150 Å². The highest BCUT2D eigenvalue weighted by atomic mass is 32.2. The molecule has 136 valence electrons. The molecule has 3 amide bonds. The average molecular weight is 366 g/mol. The van der Waals surface area contributed by atoms with Gasteiger partial charge in [-0.2, -0.15) is 0 Å². The molecule has 2 heterocycles. The molecule has 1 aromatic rings. The average Bonchev–Trinajstić information content (AvgIpc) is 2.98. The van der Waals surface area contributed by atoms with Crippen LogP contribution in [0.1, 0.15) is 30.3 Å². The molecule has 25 heavy (non-hydrogen) atoms. The molecule has 0 aromatic carbocycles. The predicted molar refractivity (Wildman–Crippen MR) is 92.3 cm³/mol. The Hall–Kier alpha value is -2.16. The smallest absolute Gasteiger partial charge is 0.324 e. The number of rotatable bonds is 6. The summed E-state index contributed by atoms with van der Waals surface area (Å²) in [6.07, 6.45) is 1.47. The van der Waals surface area contributed by atoms with Crippen molar-refractivity contribution in [2.45, 2.75) is 44.9 Å². The third-order valence-electron chi connectivity index (χ3n) is 3.94. The Morgan fingerprint density at radius 2 is 1.96 bits per heavy atom. The van der Waals surface area contributed by atoms with Crippen molar-refractivity contribution in [2.75, 3.05) is 19.3 Å². The number of thioether (sulfide) groups is 1. The Kier molecular flexibility index (Phi) is 6.35. The van der Waals surface area contributed by atoms with Gasteiger partial charge in [0.1, 0.15) is 0 Å². The molecular formula is C16H22N4O4S. The quantitative estimate of drug-likeness (QED) is 0.459. The first-order valence-corrected chi connectivity index (χ1v) is 9.22. The summed E-state index contributed by atoms with van der Waals surface area (Å²) in [6.45, 7) is 5.94. The van der Waals surface area contributed by atoms with Gasteiger partial charge in [0.15, 0.2) is 11.3 Å². The van der Waals surface area contributed by atoms with Crippen molar-refractivity contribution in [3.63, 3.8) is 0 Å². The fourth-order valence-electron chi connectivity index (χ4n) is 2.60. The predicted octanol–water partition coefficient (Wildman–Crippen LogP) is 1.23. The van der Waals surface area contributed by atoms with E-state index in [-0.39, 0.29) is 13.0 Å². The molecule has 0 spiro atoms. The maximum Gasteiger partial charge on any atom is 0.324 e. The SMILES string of the molecule is CSc1nc(C)c(CCC(=O)OC(C)C(=O)N2CCNC2=O)c(C)n1. The number of nitrogens with one attached hydrogen (secondary N) is 1. The normalized spacial score (nSPS) is 15.0. The summed E-state index contributed by atoms with van der Waals surface area (Å²) < 4.78 is 5.16. The second kappa shape index (κ2) is 8.28. The van der Waals surface area contributed by atoms with Gasteiger partial charge in [0, 0.05) is 30.9 Å². The van der Waals surface area contributed by atoms with E-state index in [0.717, 1.165) is 21.9 Å². The van der Waals surface area contributed by atoms with Gasteiger partial charge in [-0.3, -0.25) is 14.5 Å². The number of aromatic nitrogens is 2. The lowest BCUT2D eigenvalue weighted by atomic mass is 10.1. The molecule has 1 aliphatic rings. The molecule has 9 heteroatoms. The van der Waals surface area contributed by atoms with E-state index in [9.17, 15) is 14.4 Å². The van der Waals surface area contributed by atoms with Crippen LogP contribution >= 0.6 is 11.8 Å². The summed E-state index contributed by atoms with van der Waals surface area (Å²) in [7, 11) is 0. The summed E-state index contributed by atoms with van der Waals surface area (Å²) >= 11 is 1.47. The van der Waals surface area contributed by atoms with Crippen LogP contribution in [0.25, 0.3) is 0 Å². The summed E-state index contributed by atoms with van der Waals surface area (Å²) in [5, 5.41) is 3.24. The second-order valence-electron chi connectivity index (χ2n) is 5.71. The molecule has 0 aliphatic carbocycles. The first-order chi connectivity index (χ1) is 11.8. The van der Waals surface area contributed by atoms with Crippen molar-refractivity contribution in [2.24, 2.45) is 0 Å². The minimum Gasteiger partial charge on any atom is -0.453 e. The third kappa shape index (κ3) is 4.68. The molecule has 0 saturated carbocycles. The molecule has 2 rings (SSSR count). The largest absolute Gasteiger partial charge is 0.453 e. The van der Waals surface area contributed by atoms with Gasteiger partial charge in [0.2, 0.25) is 0 Å². The van der Waals surface area contributed by atoms with Crippen molar-refractivity contribution in [3.8, 4) is 0 Å². The van der Waals surface area contributed by atoms with Crippen molar-refractivity contribution in [1.29, 1.82) is 0 Å². The number of aryl methyl sites for hydroxylation is 2. The zero-order valence-electron chi connectivity index (χ0n) is 14.8. The molecule has 1 aliphatic heterocycles. The van der Waals surface area contributed by atoms with Gasteiger partial charge in [0.25, 0.3) is 5.91 Å². The number of hydrogen-bond donors (Lipinski definition) is 1. The summed E-state index contributed by atoms with van der Waals surface area (Å²) in [4.78, 5) is 45.4. The number of ether oxygens (including phenoxy) is 1. The van der Waals surface area contributed by atoms with E-state index in [1.54, 1.807) is 0 Å². The van der Waals surface area contributed by atoms with E-state index >= 15 is 0 Å². The van der Waals surface area contributed by atoms with Gasteiger partial charge in [-0.25, -0.2) is 14.8 Å². The molecule has 1 fully saturated rings. The lowest BCUT2D eigenvalue weighted by Crippen LogP contribution is -2.41. The molecule has 1 aromatic heterocycles. The van der Waals surface area contributed by atoms with Crippen LogP contribution < -0.4 is 5.32 Å². The van der Waals surface area contributed by atoms with Crippen LogP contribution in [0.15, 0.2) is 5.16 Å². The maximum atomic E-state index is 12.1. The maximum absolute atomic E-state index is 12.1. The molecule has 1 N–H and O–H groups in total. The molecule has 0 radical (unpaired) electrons. The Balaban J connectivity index is 1.90. The number of esters is 1. The van der Waals surface area contributed by atoms with Crippen molar-refractivity contribution >= 4 is 29.7 Å². The number of urea groups is 1. The number of nitrogens with zero attached hydrogens (tertiary/aromatic N) is 3. The highest BCUT2D eigenvalue weighted by Gasteiger charge is 2.31. The number of amides is 3. The number of carbonyl (C=O) groups is 3.